The summed E-state index contributed by atoms with van der Waals surface area (Å²) in [5.41, 5.74) is 1.98. The van der Waals surface area contributed by atoms with Gasteiger partial charge in [-0.25, -0.2) is 0 Å². The molecule has 0 aliphatic heterocycles. The van der Waals surface area contributed by atoms with Crippen LogP contribution in [0, 0.1) is 6.92 Å². The summed E-state index contributed by atoms with van der Waals surface area (Å²) in [6, 6.07) is 6.91. The van der Waals surface area contributed by atoms with Crippen molar-refractivity contribution in [3.63, 3.8) is 0 Å². The molecule has 128 valence electrons. The number of nitrogens with one attached hydrogen (secondary N) is 2. The van der Waals surface area contributed by atoms with Crippen molar-refractivity contribution in [2.75, 3.05) is 19.0 Å². The molecule has 1 aromatic carbocycles. The lowest BCUT2D eigenvalue weighted by Gasteiger charge is -2.12. The Morgan fingerprint density at radius 2 is 2.08 bits per heavy atom. The number of ether oxygens (including phenoxy) is 1. The molecule has 7 heteroatoms. The number of carbonyl (C=O) groups is 2. The maximum Gasteiger partial charge on any atom is 0.313 e. The standard InChI is InChI=1S/C17H20N2O5/c1-11-3-4-15(23-2)13(9-11)19-17(22)16(21)18-7-5-14(20)12-6-8-24-10-12/h3-4,6,8-10,14,20H,5,7H2,1-2H3,(H,18,21)(H,19,22). The molecular formula is C17H20N2O5. The van der Waals surface area contributed by atoms with Gasteiger partial charge >= 0.3 is 11.8 Å². The molecule has 7 nitrogen and oxygen atoms in total. The molecule has 0 spiro atoms. The van der Waals surface area contributed by atoms with Crippen molar-refractivity contribution >= 4 is 17.5 Å². The van der Waals surface area contributed by atoms with Crippen molar-refractivity contribution in [1.29, 1.82) is 0 Å². The zero-order valence-corrected chi connectivity index (χ0v) is 13.5. The van der Waals surface area contributed by atoms with Crippen LogP contribution in [-0.4, -0.2) is 30.6 Å². The minimum atomic E-state index is -0.795. The Kier molecular flexibility index (Phi) is 5.97. The van der Waals surface area contributed by atoms with Crippen LogP contribution in [0.25, 0.3) is 0 Å². The molecule has 2 rings (SSSR count). The van der Waals surface area contributed by atoms with E-state index in [1.807, 2.05) is 13.0 Å². The van der Waals surface area contributed by atoms with Gasteiger partial charge in [0.15, 0.2) is 0 Å². The topological polar surface area (TPSA) is 101 Å². The van der Waals surface area contributed by atoms with Crippen LogP contribution in [0.5, 0.6) is 5.75 Å². The van der Waals surface area contributed by atoms with Crippen molar-refractivity contribution in [3.8, 4) is 5.75 Å². The second-order valence-corrected chi connectivity index (χ2v) is 5.27. The average molecular weight is 332 g/mol. The molecule has 1 unspecified atom stereocenters. The maximum absolute atomic E-state index is 11.9. The zero-order chi connectivity index (χ0) is 17.5. The minimum absolute atomic E-state index is 0.156. The van der Waals surface area contributed by atoms with Crippen molar-refractivity contribution in [3.05, 3.63) is 47.9 Å². The Balaban J connectivity index is 1.84. The fourth-order valence-corrected chi connectivity index (χ4v) is 2.13. The monoisotopic (exact) mass is 332 g/mol. The van der Waals surface area contributed by atoms with E-state index >= 15 is 0 Å². The van der Waals surface area contributed by atoms with Gasteiger partial charge in [0, 0.05) is 12.1 Å². The molecule has 3 N–H and O–H groups in total. The molecule has 0 aliphatic carbocycles. The first-order chi connectivity index (χ1) is 11.5. The number of amides is 2. The van der Waals surface area contributed by atoms with Gasteiger partial charge in [-0.05, 0) is 37.1 Å². The maximum atomic E-state index is 11.9. The number of rotatable bonds is 6. The van der Waals surface area contributed by atoms with Crippen LogP contribution < -0.4 is 15.4 Å². The normalized spacial score (nSPS) is 11.6. The number of aryl methyl sites for hydroxylation is 1. The predicted octanol–water partition coefficient (Wildman–Crippen LogP) is 1.78. The predicted molar refractivity (Wildman–Crippen MR) is 87.7 cm³/mol. The summed E-state index contributed by atoms with van der Waals surface area (Å²) in [6.45, 7) is 2.02. The van der Waals surface area contributed by atoms with Gasteiger partial charge in [-0.2, -0.15) is 0 Å². The van der Waals surface area contributed by atoms with Gasteiger partial charge in [0.2, 0.25) is 0 Å². The zero-order valence-electron chi connectivity index (χ0n) is 13.5. The van der Waals surface area contributed by atoms with Gasteiger partial charge in [-0.15, -0.1) is 0 Å². The van der Waals surface area contributed by atoms with Crippen LogP contribution in [0.2, 0.25) is 0 Å². The molecule has 24 heavy (non-hydrogen) atoms. The number of aliphatic hydroxyl groups excluding tert-OH is 1. The highest BCUT2D eigenvalue weighted by Gasteiger charge is 2.16. The third-order valence-electron chi connectivity index (χ3n) is 3.44. The molecule has 0 radical (unpaired) electrons. The number of carbonyl (C=O) groups excluding carboxylic acids is 2. The van der Waals surface area contributed by atoms with Gasteiger partial charge in [-0.3, -0.25) is 9.59 Å². The van der Waals surface area contributed by atoms with Crippen LogP contribution in [0.3, 0.4) is 0 Å². The molecule has 1 aromatic heterocycles. The second-order valence-electron chi connectivity index (χ2n) is 5.27. The molecule has 0 bridgehead atoms. The first-order valence-corrected chi connectivity index (χ1v) is 7.45. The van der Waals surface area contributed by atoms with E-state index in [-0.39, 0.29) is 13.0 Å². The summed E-state index contributed by atoms with van der Waals surface area (Å²) >= 11 is 0. The molecule has 0 saturated carbocycles. The summed E-state index contributed by atoms with van der Waals surface area (Å²) in [7, 11) is 1.48. The number of hydrogen-bond acceptors (Lipinski definition) is 5. The van der Waals surface area contributed by atoms with Crippen LogP contribution in [0.4, 0.5) is 5.69 Å². The number of benzene rings is 1. The van der Waals surface area contributed by atoms with E-state index in [1.165, 1.54) is 19.6 Å². The highest BCUT2D eigenvalue weighted by molar-refractivity contribution is 6.39. The quantitative estimate of drug-likeness (QED) is 0.700. The van der Waals surface area contributed by atoms with E-state index in [4.69, 9.17) is 9.15 Å². The molecule has 2 amide bonds. The van der Waals surface area contributed by atoms with Crippen molar-refractivity contribution in [2.24, 2.45) is 0 Å². The van der Waals surface area contributed by atoms with Gasteiger partial charge in [0.1, 0.15) is 5.75 Å². The van der Waals surface area contributed by atoms with Crippen LogP contribution in [-0.2, 0) is 9.59 Å². The van der Waals surface area contributed by atoms with Gasteiger partial charge < -0.3 is 24.9 Å². The Morgan fingerprint density at radius 3 is 2.75 bits per heavy atom. The number of anilines is 1. The highest BCUT2D eigenvalue weighted by atomic mass is 16.5. The van der Waals surface area contributed by atoms with Crippen molar-refractivity contribution < 1.29 is 23.8 Å². The summed E-state index contributed by atoms with van der Waals surface area (Å²) in [5, 5.41) is 14.8. The molecule has 2 aromatic rings. The van der Waals surface area contributed by atoms with E-state index in [0.717, 1.165) is 5.56 Å². The first-order valence-electron chi connectivity index (χ1n) is 7.45. The van der Waals surface area contributed by atoms with E-state index in [2.05, 4.69) is 10.6 Å². The van der Waals surface area contributed by atoms with E-state index < -0.39 is 17.9 Å². The number of methoxy groups -OCH3 is 1. The molecule has 1 atom stereocenters. The molecular weight excluding hydrogens is 312 g/mol. The Hall–Kier alpha value is -2.80. The second kappa shape index (κ2) is 8.16. The smallest absolute Gasteiger partial charge is 0.313 e. The summed E-state index contributed by atoms with van der Waals surface area (Å²) in [5.74, 6) is -1.10. The van der Waals surface area contributed by atoms with E-state index in [9.17, 15) is 14.7 Å². The number of hydrogen-bond donors (Lipinski definition) is 3. The van der Waals surface area contributed by atoms with E-state index in [0.29, 0.717) is 17.0 Å². The lowest BCUT2D eigenvalue weighted by molar-refractivity contribution is -0.136. The van der Waals surface area contributed by atoms with Crippen molar-refractivity contribution in [1.82, 2.24) is 5.32 Å². The fourth-order valence-electron chi connectivity index (χ4n) is 2.13. The van der Waals surface area contributed by atoms with Crippen LogP contribution >= 0.6 is 0 Å². The minimum Gasteiger partial charge on any atom is -0.495 e. The third kappa shape index (κ3) is 4.60. The lowest BCUT2D eigenvalue weighted by atomic mass is 10.1. The fraction of sp³-hybridized carbons (Fsp3) is 0.294. The van der Waals surface area contributed by atoms with Gasteiger partial charge in [0.05, 0.1) is 31.4 Å². The Morgan fingerprint density at radius 1 is 1.29 bits per heavy atom. The van der Waals surface area contributed by atoms with Gasteiger partial charge in [0.25, 0.3) is 0 Å². The van der Waals surface area contributed by atoms with Crippen molar-refractivity contribution in [2.45, 2.75) is 19.4 Å². The first kappa shape index (κ1) is 17.6. The number of aliphatic hydroxyl groups is 1. The Labute approximate surface area is 139 Å². The van der Waals surface area contributed by atoms with Crippen LogP contribution in [0.15, 0.2) is 41.2 Å². The lowest BCUT2D eigenvalue weighted by Crippen LogP contribution is -2.36. The van der Waals surface area contributed by atoms with E-state index in [1.54, 1.807) is 18.2 Å². The Bertz CT molecular complexity index is 697. The number of furan rings is 1. The molecule has 1 heterocycles. The molecule has 0 fully saturated rings. The summed E-state index contributed by atoms with van der Waals surface area (Å²) in [4.78, 5) is 23.8. The molecule has 0 saturated heterocycles. The van der Waals surface area contributed by atoms with Gasteiger partial charge in [-0.1, -0.05) is 6.07 Å². The SMILES string of the molecule is COc1ccc(C)cc1NC(=O)C(=O)NCCC(O)c1ccoc1. The average Bonchev–Trinajstić information content (AvgIpc) is 3.09. The summed E-state index contributed by atoms with van der Waals surface area (Å²) < 4.78 is 10.0. The highest BCUT2D eigenvalue weighted by Crippen LogP contribution is 2.25. The largest absolute Gasteiger partial charge is 0.495 e. The third-order valence-corrected chi connectivity index (χ3v) is 3.44. The summed E-state index contributed by atoms with van der Waals surface area (Å²) in [6.07, 6.45) is 2.40. The molecule has 0 aliphatic rings. The van der Waals surface area contributed by atoms with Crippen LogP contribution in [0.1, 0.15) is 23.7 Å².